The van der Waals surface area contributed by atoms with Crippen LogP contribution in [0, 0.1) is 0 Å². The fourth-order valence-electron chi connectivity index (χ4n) is 0.648. The maximum absolute atomic E-state index is 5.50. The lowest BCUT2D eigenvalue weighted by Gasteiger charge is -1.98. The molecule has 0 atom stereocenters. The zero-order chi connectivity index (χ0) is 7.66. The zero-order valence-corrected chi connectivity index (χ0v) is 7.32. The lowest BCUT2D eigenvalue weighted by molar-refractivity contribution is 0.683. The minimum Gasteiger partial charge on any atom is -0.313 e. The van der Waals surface area contributed by atoms with Crippen LogP contribution < -0.4 is 5.32 Å². The van der Waals surface area contributed by atoms with Crippen molar-refractivity contribution in [3.8, 4) is 0 Å². The molecule has 0 amide bonds. The second-order valence-electron chi connectivity index (χ2n) is 2.17. The lowest BCUT2D eigenvalue weighted by atomic mass is 10.3. The molecular weight excluding hydrogens is 146 g/mol. The zero-order valence-electron chi connectivity index (χ0n) is 6.57. The smallest absolute Gasteiger partial charge is 0.0223 e. The molecule has 0 heterocycles. The molecule has 0 aliphatic carbocycles. The van der Waals surface area contributed by atoms with E-state index in [9.17, 15) is 0 Å². The highest BCUT2D eigenvalue weighted by molar-refractivity contribution is 6.17. The average Bonchev–Trinajstić information content (AvgIpc) is 1.97. The van der Waals surface area contributed by atoms with Crippen LogP contribution in [0.4, 0.5) is 0 Å². The minimum atomic E-state index is 0.783. The van der Waals surface area contributed by atoms with Gasteiger partial charge in [0.05, 0.1) is 0 Å². The van der Waals surface area contributed by atoms with Crippen molar-refractivity contribution in [3.05, 3.63) is 12.2 Å². The number of unbranched alkanes of at least 4 members (excludes halogenated alkanes) is 1. The Kier molecular flexibility index (Phi) is 8.98. The van der Waals surface area contributed by atoms with Crippen LogP contribution in [0.25, 0.3) is 0 Å². The summed E-state index contributed by atoms with van der Waals surface area (Å²) in [6, 6.07) is 0. The Morgan fingerprint density at radius 1 is 1.40 bits per heavy atom. The van der Waals surface area contributed by atoms with Gasteiger partial charge in [-0.05, 0) is 26.3 Å². The number of rotatable bonds is 6. The van der Waals surface area contributed by atoms with Gasteiger partial charge in [0.2, 0.25) is 0 Å². The maximum atomic E-state index is 5.50. The molecule has 0 unspecified atom stereocenters. The number of nitrogens with one attached hydrogen (secondary N) is 1. The first-order valence-electron chi connectivity index (χ1n) is 3.79. The molecule has 10 heavy (non-hydrogen) atoms. The van der Waals surface area contributed by atoms with Crippen molar-refractivity contribution >= 4 is 11.6 Å². The average molecular weight is 162 g/mol. The number of hydrogen-bond acceptors (Lipinski definition) is 1. The molecule has 60 valence electrons. The molecule has 0 saturated heterocycles. The van der Waals surface area contributed by atoms with Crippen molar-refractivity contribution in [2.45, 2.75) is 19.8 Å². The fraction of sp³-hybridized carbons (Fsp3) is 0.750. The van der Waals surface area contributed by atoms with Crippen molar-refractivity contribution in [1.82, 2.24) is 5.32 Å². The van der Waals surface area contributed by atoms with Gasteiger partial charge in [-0.15, -0.1) is 11.6 Å². The van der Waals surface area contributed by atoms with Gasteiger partial charge in [-0.25, -0.2) is 0 Å². The van der Waals surface area contributed by atoms with Gasteiger partial charge in [0, 0.05) is 12.4 Å². The Bertz CT molecular complexity index is 81.3. The first-order valence-corrected chi connectivity index (χ1v) is 4.33. The van der Waals surface area contributed by atoms with E-state index in [1.165, 1.54) is 6.42 Å². The van der Waals surface area contributed by atoms with E-state index in [2.05, 4.69) is 17.5 Å². The van der Waals surface area contributed by atoms with Crippen LogP contribution in [0.2, 0.25) is 0 Å². The largest absolute Gasteiger partial charge is 0.313 e. The molecule has 0 aromatic rings. The van der Waals surface area contributed by atoms with Gasteiger partial charge in [0.15, 0.2) is 0 Å². The van der Waals surface area contributed by atoms with Gasteiger partial charge in [0.25, 0.3) is 0 Å². The highest BCUT2D eigenvalue weighted by Crippen LogP contribution is 1.88. The summed E-state index contributed by atoms with van der Waals surface area (Å²) in [4.78, 5) is 0. The Labute approximate surface area is 68.5 Å². The molecule has 0 aromatic heterocycles. The molecule has 0 spiro atoms. The third kappa shape index (κ3) is 7.99. The summed E-state index contributed by atoms with van der Waals surface area (Å²) in [6.07, 6.45) is 6.46. The summed E-state index contributed by atoms with van der Waals surface area (Å²) in [6.45, 7) is 4.09. The van der Waals surface area contributed by atoms with Crippen LogP contribution >= 0.6 is 11.6 Å². The van der Waals surface area contributed by atoms with Crippen LogP contribution in [-0.4, -0.2) is 19.0 Å². The van der Waals surface area contributed by atoms with Crippen molar-refractivity contribution in [2.75, 3.05) is 19.0 Å². The van der Waals surface area contributed by atoms with E-state index in [1.54, 1.807) is 0 Å². The van der Waals surface area contributed by atoms with Gasteiger partial charge >= 0.3 is 0 Å². The van der Waals surface area contributed by atoms with Gasteiger partial charge in [-0.1, -0.05) is 12.2 Å². The number of halogens is 1. The molecule has 0 saturated carbocycles. The van der Waals surface area contributed by atoms with E-state index < -0.39 is 0 Å². The fourth-order valence-corrected chi connectivity index (χ4v) is 0.837. The van der Waals surface area contributed by atoms with Crippen LogP contribution in [-0.2, 0) is 0 Å². The van der Waals surface area contributed by atoms with E-state index in [4.69, 9.17) is 11.6 Å². The van der Waals surface area contributed by atoms with Gasteiger partial charge in [-0.3, -0.25) is 0 Å². The lowest BCUT2D eigenvalue weighted by Crippen LogP contribution is -2.14. The van der Waals surface area contributed by atoms with Crippen molar-refractivity contribution in [2.24, 2.45) is 0 Å². The van der Waals surface area contributed by atoms with Gasteiger partial charge < -0.3 is 5.32 Å². The molecule has 2 heteroatoms. The van der Waals surface area contributed by atoms with E-state index in [1.807, 2.05) is 6.92 Å². The summed E-state index contributed by atoms with van der Waals surface area (Å²) in [5.41, 5.74) is 0. The van der Waals surface area contributed by atoms with E-state index in [0.29, 0.717) is 0 Å². The summed E-state index contributed by atoms with van der Waals surface area (Å²) < 4.78 is 0. The Hall–Kier alpha value is -0.0100. The summed E-state index contributed by atoms with van der Waals surface area (Å²) in [5, 5.41) is 3.28. The predicted octanol–water partition coefficient (Wildman–Crippen LogP) is 2.17. The second kappa shape index (κ2) is 8.99. The molecule has 0 bridgehead atoms. The minimum absolute atomic E-state index is 0.783. The van der Waals surface area contributed by atoms with Gasteiger partial charge in [-0.2, -0.15) is 0 Å². The number of hydrogen-bond donors (Lipinski definition) is 1. The van der Waals surface area contributed by atoms with Crippen LogP contribution in [0.15, 0.2) is 12.2 Å². The van der Waals surface area contributed by atoms with Gasteiger partial charge in [0.1, 0.15) is 0 Å². The standard InChI is InChI=1S/C8H16ClN/c1-2-3-7-10-8-5-4-6-9/h2-3,10H,4-8H2,1H3/b3-2+. The monoisotopic (exact) mass is 161 g/mol. The second-order valence-corrected chi connectivity index (χ2v) is 2.55. The molecule has 1 N–H and O–H groups in total. The maximum Gasteiger partial charge on any atom is 0.0223 e. The number of allylic oxidation sites excluding steroid dienone is 1. The Morgan fingerprint density at radius 2 is 2.20 bits per heavy atom. The van der Waals surface area contributed by atoms with E-state index in [0.717, 1.165) is 25.4 Å². The summed E-state index contributed by atoms with van der Waals surface area (Å²) in [7, 11) is 0. The van der Waals surface area contributed by atoms with E-state index in [-0.39, 0.29) is 0 Å². The third-order valence-corrected chi connectivity index (χ3v) is 1.50. The molecule has 0 fully saturated rings. The molecule has 0 aromatic carbocycles. The topological polar surface area (TPSA) is 12.0 Å². The van der Waals surface area contributed by atoms with Crippen LogP contribution in [0.3, 0.4) is 0 Å². The van der Waals surface area contributed by atoms with E-state index >= 15 is 0 Å². The molecule has 0 radical (unpaired) electrons. The summed E-state index contributed by atoms with van der Waals surface area (Å²) >= 11 is 5.50. The Morgan fingerprint density at radius 3 is 2.80 bits per heavy atom. The molecule has 1 nitrogen and oxygen atoms in total. The predicted molar refractivity (Wildman–Crippen MR) is 47.6 cm³/mol. The molecular formula is C8H16ClN. The first-order chi connectivity index (χ1) is 4.91. The first kappa shape index (κ1) is 9.99. The molecule has 0 aliphatic heterocycles. The number of alkyl halides is 1. The SMILES string of the molecule is C/C=C/CNCCCCCl. The molecule has 0 rings (SSSR count). The molecule has 0 aliphatic rings. The highest BCUT2D eigenvalue weighted by Gasteiger charge is 1.83. The third-order valence-electron chi connectivity index (χ3n) is 1.24. The quantitative estimate of drug-likeness (QED) is 0.358. The van der Waals surface area contributed by atoms with Crippen molar-refractivity contribution in [3.63, 3.8) is 0 Å². The highest BCUT2D eigenvalue weighted by atomic mass is 35.5. The van der Waals surface area contributed by atoms with Crippen LogP contribution in [0.5, 0.6) is 0 Å². The van der Waals surface area contributed by atoms with Crippen LogP contribution in [0.1, 0.15) is 19.8 Å². The van der Waals surface area contributed by atoms with Crippen molar-refractivity contribution in [1.29, 1.82) is 0 Å². The normalized spacial score (nSPS) is 11.0. The summed E-state index contributed by atoms with van der Waals surface area (Å²) in [5.74, 6) is 0.783. The van der Waals surface area contributed by atoms with Crippen molar-refractivity contribution < 1.29 is 0 Å². The Balaban J connectivity index is 2.77.